The SMILES string of the molecule is CCC1CCC(c2ccc(CCc3ccc(-c4ccc(C5CO5)c(F)c4F)cc3)c(F)c2F)CC1. The van der Waals surface area contributed by atoms with Crippen LogP contribution in [0.1, 0.15) is 73.3 Å². The molecule has 5 heteroatoms. The molecule has 1 aliphatic carbocycles. The lowest BCUT2D eigenvalue weighted by Crippen LogP contribution is -2.14. The van der Waals surface area contributed by atoms with Gasteiger partial charge in [0.15, 0.2) is 23.3 Å². The summed E-state index contributed by atoms with van der Waals surface area (Å²) in [5.74, 6) is -2.38. The fourth-order valence-corrected chi connectivity index (χ4v) is 5.39. The summed E-state index contributed by atoms with van der Waals surface area (Å²) in [6.45, 7) is 2.60. The summed E-state index contributed by atoms with van der Waals surface area (Å²) in [7, 11) is 0. The second-order valence-electron chi connectivity index (χ2n) is 9.92. The monoisotopic (exact) mass is 482 g/mol. The van der Waals surface area contributed by atoms with Crippen molar-refractivity contribution in [2.24, 2.45) is 5.92 Å². The van der Waals surface area contributed by atoms with Gasteiger partial charge in [0.25, 0.3) is 0 Å². The molecule has 35 heavy (non-hydrogen) atoms. The van der Waals surface area contributed by atoms with Crippen molar-refractivity contribution in [3.63, 3.8) is 0 Å². The van der Waals surface area contributed by atoms with Crippen LogP contribution in [-0.4, -0.2) is 6.61 Å². The minimum absolute atomic E-state index is 0.102. The molecule has 0 radical (unpaired) electrons. The van der Waals surface area contributed by atoms with Crippen LogP contribution in [0.2, 0.25) is 0 Å². The first-order chi connectivity index (χ1) is 17.0. The van der Waals surface area contributed by atoms with Gasteiger partial charge in [0, 0.05) is 11.1 Å². The van der Waals surface area contributed by atoms with Gasteiger partial charge in [-0.15, -0.1) is 0 Å². The van der Waals surface area contributed by atoms with E-state index in [0.29, 0.717) is 42.1 Å². The summed E-state index contributed by atoms with van der Waals surface area (Å²) in [4.78, 5) is 0. The molecular formula is C30H30F4O. The van der Waals surface area contributed by atoms with Gasteiger partial charge in [-0.25, -0.2) is 17.6 Å². The highest BCUT2D eigenvalue weighted by molar-refractivity contribution is 5.65. The lowest BCUT2D eigenvalue weighted by atomic mass is 9.77. The number of ether oxygens (including phenoxy) is 1. The lowest BCUT2D eigenvalue weighted by molar-refractivity contribution is 0.312. The van der Waals surface area contributed by atoms with Crippen LogP contribution in [0, 0.1) is 29.2 Å². The number of rotatable bonds is 7. The predicted molar refractivity (Wildman–Crippen MR) is 129 cm³/mol. The first-order valence-electron chi connectivity index (χ1n) is 12.6. The molecule has 1 saturated heterocycles. The Morgan fingerprint density at radius 3 is 2.03 bits per heavy atom. The quantitative estimate of drug-likeness (QED) is 0.243. The predicted octanol–water partition coefficient (Wildman–Crippen LogP) is 8.45. The highest BCUT2D eigenvalue weighted by Crippen LogP contribution is 2.39. The number of hydrogen-bond donors (Lipinski definition) is 0. The third-order valence-corrected chi connectivity index (χ3v) is 7.80. The molecule has 0 N–H and O–H groups in total. The Morgan fingerprint density at radius 2 is 1.37 bits per heavy atom. The summed E-state index contributed by atoms with van der Waals surface area (Å²) in [6.07, 6.45) is 5.68. The third kappa shape index (κ3) is 5.02. The molecule has 1 unspecified atom stereocenters. The molecule has 0 bridgehead atoms. The van der Waals surface area contributed by atoms with Gasteiger partial charge in [-0.3, -0.25) is 0 Å². The zero-order chi connectivity index (χ0) is 24.5. The maximum Gasteiger partial charge on any atom is 0.167 e. The van der Waals surface area contributed by atoms with Crippen molar-refractivity contribution < 1.29 is 22.3 Å². The van der Waals surface area contributed by atoms with Gasteiger partial charge in [-0.2, -0.15) is 0 Å². The largest absolute Gasteiger partial charge is 0.368 e. The van der Waals surface area contributed by atoms with Crippen LogP contribution < -0.4 is 0 Å². The van der Waals surface area contributed by atoms with Crippen molar-refractivity contribution in [2.45, 2.75) is 63.9 Å². The zero-order valence-corrected chi connectivity index (χ0v) is 19.9. The molecule has 1 atom stereocenters. The van der Waals surface area contributed by atoms with Crippen LogP contribution in [0.5, 0.6) is 0 Å². The van der Waals surface area contributed by atoms with Gasteiger partial charge in [-0.05, 0) is 72.6 Å². The van der Waals surface area contributed by atoms with Gasteiger partial charge in [0.05, 0.1) is 6.61 Å². The Morgan fingerprint density at radius 1 is 0.714 bits per heavy atom. The van der Waals surface area contributed by atoms with Crippen molar-refractivity contribution in [3.05, 3.63) is 94.1 Å². The van der Waals surface area contributed by atoms with Crippen LogP contribution in [-0.2, 0) is 17.6 Å². The van der Waals surface area contributed by atoms with E-state index in [-0.39, 0.29) is 23.1 Å². The fraction of sp³-hybridized carbons (Fsp3) is 0.400. The number of epoxide rings is 1. The van der Waals surface area contributed by atoms with Gasteiger partial charge in [-0.1, -0.05) is 61.9 Å². The summed E-state index contributed by atoms with van der Waals surface area (Å²) in [5.41, 5.74) is 2.79. The Kier molecular flexibility index (Phi) is 6.97. The number of halogens is 4. The van der Waals surface area contributed by atoms with Crippen molar-refractivity contribution in [2.75, 3.05) is 6.61 Å². The Hall–Kier alpha value is -2.66. The average Bonchev–Trinajstić information content (AvgIpc) is 3.72. The van der Waals surface area contributed by atoms with Crippen LogP contribution in [0.15, 0.2) is 48.5 Å². The molecule has 0 amide bonds. The lowest BCUT2D eigenvalue weighted by Gasteiger charge is -2.28. The molecule has 184 valence electrons. The summed E-state index contributed by atoms with van der Waals surface area (Å²) < 4.78 is 63.8. The topological polar surface area (TPSA) is 12.5 Å². The molecule has 2 aliphatic rings. The van der Waals surface area contributed by atoms with E-state index in [1.807, 2.05) is 12.1 Å². The van der Waals surface area contributed by atoms with E-state index in [4.69, 9.17) is 4.74 Å². The van der Waals surface area contributed by atoms with E-state index in [1.54, 1.807) is 36.4 Å². The van der Waals surface area contributed by atoms with Gasteiger partial charge in [0.1, 0.15) is 6.10 Å². The highest BCUT2D eigenvalue weighted by atomic mass is 19.2. The fourth-order valence-electron chi connectivity index (χ4n) is 5.39. The zero-order valence-electron chi connectivity index (χ0n) is 19.9. The molecule has 2 fully saturated rings. The Bertz CT molecular complexity index is 1190. The van der Waals surface area contributed by atoms with E-state index in [2.05, 4.69) is 6.92 Å². The van der Waals surface area contributed by atoms with Gasteiger partial charge >= 0.3 is 0 Å². The minimum atomic E-state index is -0.883. The first kappa shape index (κ1) is 24.1. The summed E-state index contributed by atoms with van der Waals surface area (Å²) in [5, 5.41) is 0. The van der Waals surface area contributed by atoms with E-state index < -0.39 is 23.3 Å². The van der Waals surface area contributed by atoms with Crippen LogP contribution in [0.3, 0.4) is 0 Å². The maximum absolute atomic E-state index is 14.9. The number of benzene rings is 3. The van der Waals surface area contributed by atoms with Crippen LogP contribution in [0.4, 0.5) is 17.6 Å². The van der Waals surface area contributed by atoms with Crippen molar-refractivity contribution >= 4 is 0 Å². The first-order valence-corrected chi connectivity index (χ1v) is 12.6. The molecule has 5 rings (SSSR count). The normalized spacial score (nSPS) is 21.8. The van der Waals surface area contributed by atoms with Crippen molar-refractivity contribution in [3.8, 4) is 11.1 Å². The molecule has 1 saturated carbocycles. The second-order valence-corrected chi connectivity index (χ2v) is 9.92. The molecule has 1 aliphatic heterocycles. The molecule has 1 heterocycles. The Balaban J connectivity index is 1.25. The second kappa shape index (κ2) is 10.1. The van der Waals surface area contributed by atoms with E-state index >= 15 is 0 Å². The smallest absolute Gasteiger partial charge is 0.167 e. The number of aryl methyl sites for hydroxylation is 2. The molecule has 1 nitrogen and oxygen atoms in total. The average molecular weight is 483 g/mol. The van der Waals surface area contributed by atoms with Crippen LogP contribution >= 0.6 is 0 Å². The highest BCUT2D eigenvalue weighted by Gasteiger charge is 2.30. The Labute approximate surface area is 204 Å². The van der Waals surface area contributed by atoms with Gasteiger partial charge in [0.2, 0.25) is 0 Å². The third-order valence-electron chi connectivity index (χ3n) is 7.80. The molecule has 0 aromatic heterocycles. The minimum Gasteiger partial charge on any atom is -0.368 e. The molecule has 0 spiro atoms. The molecule has 3 aromatic rings. The van der Waals surface area contributed by atoms with Crippen molar-refractivity contribution in [1.82, 2.24) is 0 Å². The van der Waals surface area contributed by atoms with E-state index in [9.17, 15) is 17.6 Å². The van der Waals surface area contributed by atoms with E-state index in [1.165, 1.54) is 0 Å². The molecule has 3 aromatic carbocycles. The standard InChI is InChI=1S/C30H30F4O/c1-2-18-3-8-20(9-4-18)23-14-13-22(27(31)28(23)32)12-7-19-5-10-21(11-6-19)24-15-16-25(26-17-35-26)30(34)29(24)33/h5-6,10-11,13-16,18,20,26H,2-4,7-9,12,17H2,1H3. The van der Waals surface area contributed by atoms with Crippen LogP contribution in [0.25, 0.3) is 11.1 Å². The summed E-state index contributed by atoms with van der Waals surface area (Å²) >= 11 is 0. The van der Waals surface area contributed by atoms with Crippen molar-refractivity contribution in [1.29, 1.82) is 0 Å². The number of hydrogen-bond acceptors (Lipinski definition) is 1. The van der Waals surface area contributed by atoms with Gasteiger partial charge < -0.3 is 4.74 Å². The maximum atomic E-state index is 14.9. The molecular weight excluding hydrogens is 452 g/mol. The summed E-state index contributed by atoms with van der Waals surface area (Å²) in [6, 6.07) is 13.7. The van der Waals surface area contributed by atoms with E-state index in [0.717, 1.165) is 37.7 Å².